The average molecular weight is 384 g/mol. The van der Waals surface area contributed by atoms with Crippen LogP contribution < -0.4 is 4.90 Å². The summed E-state index contributed by atoms with van der Waals surface area (Å²) in [6, 6.07) is 8.35. The largest absolute Gasteiger partial charge is 0.378 e. The lowest BCUT2D eigenvalue weighted by Crippen LogP contribution is -2.54. The first-order valence-electron chi connectivity index (χ1n) is 10.8. The molecule has 3 aliphatic rings. The Morgan fingerprint density at radius 2 is 1.82 bits per heavy atom. The summed E-state index contributed by atoms with van der Waals surface area (Å²) < 4.78 is 0. The maximum atomic E-state index is 13.0. The summed E-state index contributed by atoms with van der Waals surface area (Å²) in [6.07, 6.45) is 8.59. The highest BCUT2D eigenvalue weighted by Gasteiger charge is 2.43. The maximum absolute atomic E-state index is 13.0. The second-order valence-corrected chi connectivity index (χ2v) is 9.20. The van der Waals surface area contributed by atoms with Crippen molar-refractivity contribution in [3.63, 3.8) is 0 Å². The summed E-state index contributed by atoms with van der Waals surface area (Å²) in [7, 11) is 3.99. The Labute approximate surface area is 168 Å². The minimum atomic E-state index is 0.137. The minimum absolute atomic E-state index is 0.137. The summed E-state index contributed by atoms with van der Waals surface area (Å²) in [6.45, 7) is 2.52. The van der Waals surface area contributed by atoms with E-state index in [-0.39, 0.29) is 11.3 Å². The van der Waals surface area contributed by atoms with Gasteiger partial charge in [0.15, 0.2) is 0 Å². The second kappa shape index (κ2) is 7.76. The normalized spacial score (nSPS) is 22.7. The van der Waals surface area contributed by atoms with E-state index in [1.54, 1.807) is 0 Å². The first-order valence-corrected chi connectivity index (χ1v) is 10.8. The van der Waals surface area contributed by atoms with Gasteiger partial charge in [-0.25, -0.2) is 0 Å². The van der Waals surface area contributed by atoms with Crippen LogP contribution >= 0.6 is 0 Å². The molecule has 1 aromatic carbocycles. The summed E-state index contributed by atoms with van der Waals surface area (Å²) in [4.78, 5) is 31.8. The van der Waals surface area contributed by atoms with Crippen LogP contribution in [0.25, 0.3) is 0 Å². The van der Waals surface area contributed by atoms with Crippen LogP contribution in [0, 0.1) is 5.41 Å². The van der Waals surface area contributed by atoms with Gasteiger partial charge >= 0.3 is 0 Å². The molecule has 1 spiro atoms. The second-order valence-electron chi connectivity index (χ2n) is 9.20. The first-order chi connectivity index (χ1) is 13.5. The van der Waals surface area contributed by atoms with E-state index in [9.17, 15) is 9.59 Å². The van der Waals surface area contributed by atoms with E-state index in [1.807, 2.05) is 48.2 Å². The Balaban J connectivity index is 1.40. The molecule has 152 valence electrons. The molecule has 3 fully saturated rings. The molecule has 2 heterocycles. The van der Waals surface area contributed by atoms with Crippen molar-refractivity contribution in [2.24, 2.45) is 5.41 Å². The molecule has 0 aromatic heterocycles. The maximum Gasteiger partial charge on any atom is 0.253 e. The van der Waals surface area contributed by atoms with E-state index in [0.29, 0.717) is 18.4 Å². The highest BCUT2D eigenvalue weighted by Crippen LogP contribution is 2.42. The fourth-order valence-corrected chi connectivity index (χ4v) is 5.28. The van der Waals surface area contributed by atoms with Crippen LogP contribution in [0.1, 0.15) is 61.7 Å². The number of carbonyl (C=O) groups excluding carboxylic acids is 2. The van der Waals surface area contributed by atoms with E-state index in [1.165, 1.54) is 25.7 Å². The number of hydrogen-bond donors (Lipinski definition) is 0. The van der Waals surface area contributed by atoms with Crippen LogP contribution in [0.3, 0.4) is 0 Å². The molecule has 0 radical (unpaired) electrons. The molecule has 2 amide bonds. The molecule has 2 saturated heterocycles. The summed E-state index contributed by atoms with van der Waals surface area (Å²) >= 11 is 0. The van der Waals surface area contributed by atoms with Crippen LogP contribution in [0.5, 0.6) is 0 Å². The number of amides is 2. The van der Waals surface area contributed by atoms with Gasteiger partial charge in [-0.05, 0) is 55.7 Å². The minimum Gasteiger partial charge on any atom is -0.378 e. The molecule has 0 N–H and O–H groups in total. The molecule has 0 bridgehead atoms. The van der Waals surface area contributed by atoms with Crippen molar-refractivity contribution < 1.29 is 9.59 Å². The SMILES string of the molecule is CN(C)c1cccc(C(=O)N2CCC3(CCC(=O)N(C4CCCC4)C3)CC2)c1. The molecule has 2 aliphatic heterocycles. The average Bonchev–Trinajstić information content (AvgIpc) is 3.25. The molecule has 1 saturated carbocycles. The Hall–Kier alpha value is -2.04. The number of anilines is 1. The lowest BCUT2D eigenvalue weighted by molar-refractivity contribution is -0.142. The van der Waals surface area contributed by atoms with Gasteiger partial charge in [-0.15, -0.1) is 0 Å². The standard InChI is InChI=1S/C23H33N3O2/c1-24(2)20-9-5-6-18(16-20)22(28)25-14-12-23(13-15-25)11-10-21(27)26(17-23)19-7-3-4-8-19/h5-6,9,16,19H,3-4,7-8,10-15,17H2,1-2H3. The molecule has 0 unspecified atom stereocenters. The van der Waals surface area contributed by atoms with E-state index >= 15 is 0 Å². The first kappa shape index (κ1) is 19.3. The number of hydrogen-bond acceptors (Lipinski definition) is 3. The quantitative estimate of drug-likeness (QED) is 0.802. The third-order valence-electron chi connectivity index (χ3n) is 7.18. The predicted octanol–water partition coefficient (Wildman–Crippen LogP) is 3.54. The van der Waals surface area contributed by atoms with Crippen molar-refractivity contribution in [3.05, 3.63) is 29.8 Å². The van der Waals surface area contributed by atoms with Gasteiger partial charge in [0.25, 0.3) is 5.91 Å². The molecular formula is C23H33N3O2. The Morgan fingerprint density at radius 1 is 1.11 bits per heavy atom. The molecule has 1 aliphatic carbocycles. The molecule has 0 atom stereocenters. The van der Waals surface area contributed by atoms with Gasteiger partial charge in [0.05, 0.1) is 0 Å². The van der Waals surface area contributed by atoms with E-state index in [2.05, 4.69) is 4.90 Å². The van der Waals surface area contributed by atoms with Crippen molar-refractivity contribution in [3.8, 4) is 0 Å². The fraction of sp³-hybridized carbons (Fsp3) is 0.652. The molecule has 28 heavy (non-hydrogen) atoms. The van der Waals surface area contributed by atoms with Crippen LogP contribution in [-0.4, -0.2) is 61.4 Å². The highest BCUT2D eigenvalue weighted by atomic mass is 16.2. The van der Waals surface area contributed by atoms with Gasteiger partial charge in [-0.1, -0.05) is 18.9 Å². The lowest BCUT2D eigenvalue weighted by Gasteiger charge is -2.49. The van der Waals surface area contributed by atoms with E-state index < -0.39 is 0 Å². The monoisotopic (exact) mass is 383 g/mol. The van der Waals surface area contributed by atoms with Crippen molar-refractivity contribution >= 4 is 17.5 Å². The summed E-state index contributed by atoms with van der Waals surface area (Å²) in [5.41, 5.74) is 2.05. The highest BCUT2D eigenvalue weighted by molar-refractivity contribution is 5.95. The molecular weight excluding hydrogens is 350 g/mol. The van der Waals surface area contributed by atoms with E-state index in [0.717, 1.165) is 50.1 Å². The van der Waals surface area contributed by atoms with E-state index in [4.69, 9.17) is 0 Å². The van der Waals surface area contributed by atoms with Gasteiger partial charge < -0.3 is 14.7 Å². The molecule has 4 rings (SSSR count). The number of rotatable bonds is 3. The number of likely N-dealkylation sites (tertiary alicyclic amines) is 2. The third kappa shape index (κ3) is 3.76. The number of benzene rings is 1. The zero-order valence-corrected chi connectivity index (χ0v) is 17.3. The molecule has 5 nitrogen and oxygen atoms in total. The van der Waals surface area contributed by atoms with Gasteiger partial charge in [-0.3, -0.25) is 9.59 Å². The Morgan fingerprint density at radius 3 is 2.50 bits per heavy atom. The fourth-order valence-electron chi connectivity index (χ4n) is 5.28. The zero-order chi connectivity index (χ0) is 19.7. The predicted molar refractivity (Wildman–Crippen MR) is 112 cm³/mol. The van der Waals surface area contributed by atoms with Crippen LogP contribution in [0.4, 0.5) is 5.69 Å². The lowest BCUT2D eigenvalue weighted by atomic mass is 9.72. The van der Waals surface area contributed by atoms with Crippen LogP contribution in [-0.2, 0) is 4.79 Å². The van der Waals surface area contributed by atoms with Crippen LogP contribution in [0.2, 0.25) is 0 Å². The summed E-state index contributed by atoms with van der Waals surface area (Å²) in [5.74, 6) is 0.495. The zero-order valence-electron chi connectivity index (χ0n) is 17.3. The Kier molecular flexibility index (Phi) is 5.35. The topological polar surface area (TPSA) is 43.9 Å². The van der Waals surface area contributed by atoms with Crippen LogP contribution in [0.15, 0.2) is 24.3 Å². The van der Waals surface area contributed by atoms with Crippen molar-refractivity contribution in [2.75, 3.05) is 38.6 Å². The van der Waals surface area contributed by atoms with Gasteiger partial charge in [0.1, 0.15) is 0 Å². The van der Waals surface area contributed by atoms with Crippen molar-refractivity contribution in [1.29, 1.82) is 0 Å². The molecule has 5 heteroatoms. The number of piperidine rings is 2. The van der Waals surface area contributed by atoms with Gasteiger partial charge in [0.2, 0.25) is 5.91 Å². The smallest absolute Gasteiger partial charge is 0.253 e. The van der Waals surface area contributed by atoms with Crippen molar-refractivity contribution in [1.82, 2.24) is 9.80 Å². The van der Waals surface area contributed by atoms with Gasteiger partial charge in [-0.2, -0.15) is 0 Å². The van der Waals surface area contributed by atoms with Gasteiger partial charge in [0, 0.05) is 57.4 Å². The number of nitrogens with zero attached hydrogens (tertiary/aromatic N) is 3. The van der Waals surface area contributed by atoms with Crippen molar-refractivity contribution in [2.45, 2.75) is 57.4 Å². The Bertz CT molecular complexity index is 731. The summed E-state index contributed by atoms with van der Waals surface area (Å²) in [5, 5.41) is 0. The number of carbonyl (C=O) groups is 2. The molecule has 1 aromatic rings. The third-order valence-corrected chi connectivity index (χ3v) is 7.18.